The van der Waals surface area contributed by atoms with Crippen LogP contribution in [0.2, 0.25) is 5.02 Å². The molecule has 2 aromatic heterocycles. The maximum absolute atomic E-state index is 13.7. The van der Waals surface area contributed by atoms with E-state index in [1.807, 2.05) is 0 Å². The summed E-state index contributed by atoms with van der Waals surface area (Å²) in [5, 5.41) is 0.553. The fraction of sp³-hybridized carbons (Fsp3) is 0.231. The van der Waals surface area contributed by atoms with E-state index in [9.17, 15) is 26.4 Å². The van der Waals surface area contributed by atoms with Gasteiger partial charge in [-0.1, -0.05) is 29.8 Å². The Bertz CT molecular complexity index is 1660. The fourth-order valence-electron chi connectivity index (χ4n) is 4.39. The third-order valence-corrected chi connectivity index (χ3v) is 8.52. The second-order valence-corrected chi connectivity index (χ2v) is 11.3. The first-order chi connectivity index (χ1) is 18.9. The highest BCUT2D eigenvalue weighted by molar-refractivity contribution is 7.89. The average molecular weight is 595 g/mol. The van der Waals surface area contributed by atoms with E-state index in [0.717, 1.165) is 12.3 Å². The molecule has 5 rings (SSSR count). The maximum atomic E-state index is 13.7. The summed E-state index contributed by atoms with van der Waals surface area (Å²) in [6.07, 6.45) is -3.98. The molecule has 0 spiro atoms. The number of alkyl halides is 3. The van der Waals surface area contributed by atoms with Gasteiger partial charge < -0.3 is 20.2 Å². The summed E-state index contributed by atoms with van der Waals surface area (Å²) in [6, 6.07) is 13.5. The van der Waals surface area contributed by atoms with Crippen molar-refractivity contribution in [3.63, 3.8) is 0 Å². The molecule has 3 N–H and O–H groups in total. The number of carbonyl (C=O) groups is 1. The van der Waals surface area contributed by atoms with Crippen molar-refractivity contribution in [2.75, 3.05) is 26.3 Å². The third kappa shape index (κ3) is 5.63. The third-order valence-electron chi connectivity index (χ3n) is 6.34. The molecule has 1 aliphatic heterocycles. The molecular formula is C26H22ClF3N4O5S. The van der Waals surface area contributed by atoms with Crippen LogP contribution in [0.5, 0.6) is 5.75 Å². The summed E-state index contributed by atoms with van der Waals surface area (Å²) in [7, 11) is -4.17. The molecule has 4 aromatic rings. The smallest absolute Gasteiger partial charge is 0.433 e. The Morgan fingerprint density at radius 3 is 2.52 bits per heavy atom. The summed E-state index contributed by atoms with van der Waals surface area (Å²) in [4.78, 5) is 18.1. The topological polar surface area (TPSA) is 128 Å². The van der Waals surface area contributed by atoms with Gasteiger partial charge in [-0.3, -0.25) is 9.78 Å². The summed E-state index contributed by atoms with van der Waals surface area (Å²) < 4.78 is 78.3. The van der Waals surface area contributed by atoms with Gasteiger partial charge in [0.05, 0.1) is 6.61 Å². The number of ether oxygens (including phenoxy) is 2. The van der Waals surface area contributed by atoms with Crippen LogP contribution in [0.3, 0.4) is 0 Å². The number of hydrogen-bond donors (Lipinski definition) is 2. The lowest BCUT2D eigenvalue weighted by molar-refractivity contribution is -0.141. The van der Waals surface area contributed by atoms with Gasteiger partial charge in [0.25, 0.3) is 5.91 Å². The second kappa shape index (κ2) is 10.7. The van der Waals surface area contributed by atoms with Crippen LogP contribution >= 0.6 is 11.6 Å². The Morgan fingerprint density at radius 2 is 1.88 bits per heavy atom. The lowest BCUT2D eigenvalue weighted by atomic mass is 10.1. The standard InChI is InChI=1S/C26H22ClF3N4O5S/c27-17-4-7-21-20(11-17)24(23(33-21)25(31)35)40(36,37)34-9-10-38-19(13-34)14-39-18-5-1-15(2-6-18)16-3-8-22(32-12-16)26(28,29)30/h1-8,11-12,19,33H,9-10,13-14H2,(H2,31,35). The lowest BCUT2D eigenvalue weighted by Crippen LogP contribution is -2.47. The molecule has 0 aliphatic carbocycles. The normalized spacial score (nSPS) is 16.8. The molecule has 9 nitrogen and oxygen atoms in total. The van der Waals surface area contributed by atoms with Gasteiger partial charge in [-0.15, -0.1) is 0 Å². The minimum absolute atomic E-state index is 0.0234. The van der Waals surface area contributed by atoms with Crippen molar-refractivity contribution in [1.29, 1.82) is 0 Å². The molecule has 0 radical (unpaired) electrons. The van der Waals surface area contributed by atoms with Crippen molar-refractivity contribution in [2.45, 2.75) is 17.2 Å². The highest BCUT2D eigenvalue weighted by Gasteiger charge is 2.36. The summed E-state index contributed by atoms with van der Waals surface area (Å²) >= 11 is 6.09. The minimum atomic E-state index is -4.51. The van der Waals surface area contributed by atoms with E-state index < -0.39 is 33.9 Å². The number of halogens is 4. The minimum Gasteiger partial charge on any atom is -0.491 e. The van der Waals surface area contributed by atoms with E-state index in [1.165, 1.54) is 16.4 Å². The SMILES string of the molecule is NC(=O)c1[nH]c2ccc(Cl)cc2c1S(=O)(=O)N1CCOC(COc2ccc(-c3ccc(C(F)(F)F)nc3)cc2)C1. The number of hydrogen-bond acceptors (Lipinski definition) is 6. The summed E-state index contributed by atoms with van der Waals surface area (Å²) in [5.41, 5.74) is 5.82. The predicted molar refractivity (Wildman–Crippen MR) is 140 cm³/mol. The Morgan fingerprint density at radius 1 is 1.15 bits per heavy atom. The van der Waals surface area contributed by atoms with E-state index in [0.29, 0.717) is 27.4 Å². The van der Waals surface area contributed by atoms with Crippen LogP contribution < -0.4 is 10.5 Å². The molecule has 1 unspecified atom stereocenters. The van der Waals surface area contributed by atoms with Gasteiger partial charge in [-0.05, 0) is 42.0 Å². The van der Waals surface area contributed by atoms with E-state index >= 15 is 0 Å². The fourth-order valence-corrected chi connectivity index (χ4v) is 6.35. The number of amides is 1. The van der Waals surface area contributed by atoms with Crippen molar-refractivity contribution < 1.29 is 35.9 Å². The largest absolute Gasteiger partial charge is 0.491 e. The number of pyridine rings is 1. The maximum Gasteiger partial charge on any atom is 0.433 e. The summed E-state index contributed by atoms with van der Waals surface area (Å²) in [6.45, 7) is 0.140. The highest BCUT2D eigenvalue weighted by Crippen LogP contribution is 2.33. The highest BCUT2D eigenvalue weighted by atomic mass is 35.5. The quantitative estimate of drug-likeness (QED) is 0.325. The molecule has 14 heteroatoms. The zero-order valence-corrected chi connectivity index (χ0v) is 22.2. The lowest BCUT2D eigenvalue weighted by Gasteiger charge is -2.32. The number of nitrogens with two attached hydrogens (primary N) is 1. The first kappa shape index (κ1) is 27.9. The first-order valence-electron chi connectivity index (χ1n) is 11.9. The Labute approximate surface area is 231 Å². The number of morpholine rings is 1. The molecule has 1 aliphatic rings. The van der Waals surface area contributed by atoms with Crippen LogP contribution in [0.1, 0.15) is 16.2 Å². The zero-order chi connectivity index (χ0) is 28.7. The molecule has 1 atom stereocenters. The molecular weight excluding hydrogens is 573 g/mol. The van der Waals surface area contributed by atoms with Gasteiger partial charge in [0.1, 0.15) is 34.7 Å². The van der Waals surface area contributed by atoms with E-state index in [1.54, 1.807) is 36.4 Å². The number of nitrogens with zero attached hydrogens (tertiary/aromatic N) is 2. The van der Waals surface area contributed by atoms with Gasteiger partial charge in [0.15, 0.2) is 0 Å². The van der Waals surface area contributed by atoms with Crippen molar-refractivity contribution in [1.82, 2.24) is 14.3 Å². The number of nitrogens with one attached hydrogen (secondary N) is 1. The van der Waals surface area contributed by atoms with Gasteiger partial charge in [0.2, 0.25) is 10.0 Å². The van der Waals surface area contributed by atoms with Crippen molar-refractivity contribution in [3.8, 4) is 16.9 Å². The Balaban J connectivity index is 1.28. The zero-order valence-electron chi connectivity index (χ0n) is 20.6. The molecule has 210 valence electrons. The van der Waals surface area contributed by atoms with Crippen LogP contribution in [-0.4, -0.2) is 61.0 Å². The number of aromatic amines is 1. The Kier molecular flexibility index (Phi) is 7.48. The first-order valence-corrected chi connectivity index (χ1v) is 13.7. The average Bonchev–Trinajstić information content (AvgIpc) is 3.32. The molecule has 1 fully saturated rings. The van der Waals surface area contributed by atoms with Gasteiger partial charge in [-0.2, -0.15) is 17.5 Å². The van der Waals surface area contributed by atoms with E-state index in [2.05, 4.69) is 9.97 Å². The molecule has 3 heterocycles. The molecule has 0 saturated carbocycles. The Hall–Kier alpha value is -3.65. The van der Waals surface area contributed by atoms with Crippen LogP contribution in [0.25, 0.3) is 22.0 Å². The van der Waals surface area contributed by atoms with Crippen LogP contribution in [0, 0.1) is 0 Å². The number of sulfonamides is 1. The number of H-pyrrole nitrogens is 1. The van der Waals surface area contributed by atoms with E-state index in [4.69, 9.17) is 26.8 Å². The van der Waals surface area contributed by atoms with Crippen molar-refractivity contribution in [2.24, 2.45) is 5.73 Å². The van der Waals surface area contributed by atoms with Crippen LogP contribution in [0.15, 0.2) is 65.7 Å². The number of carbonyl (C=O) groups excluding carboxylic acids is 1. The number of aromatic nitrogens is 2. The monoisotopic (exact) mass is 594 g/mol. The predicted octanol–water partition coefficient (Wildman–Crippen LogP) is 4.47. The molecule has 40 heavy (non-hydrogen) atoms. The van der Waals surface area contributed by atoms with Gasteiger partial charge in [-0.25, -0.2) is 8.42 Å². The molecule has 2 aromatic carbocycles. The molecule has 0 bridgehead atoms. The van der Waals surface area contributed by atoms with Gasteiger partial charge >= 0.3 is 6.18 Å². The van der Waals surface area contributed by atoms with Gasteiger partial charge in [0, 0.05) is 40.8 Å². The molecule has 1 saturated heterocycles. The van der Waals surface area contributed by atoms with Crippen molar-refractivity contribution in [3.05, 3.63) is 77.2 Å². The number of rotatable bonds is 7. The number of benzene rings is 2. The van der Waals surface area contributed by atoms with Crippen LogP contribution in [0.4, 0.5) is 13.2 Å². The number of primary amides is 1. The second-order valence-electron chi connectivity index (χ2n) is 9.00. The summed E-state index contributed by atoms with van der Waals surface area (Å²) in [5.74, 6) is -0.468. The van der Waals surface area contributed by atoms with Crippen molar-refractivity contribution >= 4 is 38.4 Å². The van der Waals surface area contributed by atoms with E-state index in [-0.39, 0.29) is 42.3 Å². The van der Waals surface area contributed by atoms with Crippen LogP contribution in [-0.2, 0) is 20.9 Å². The number of fused-ring (bicyclic) bond motifs is 1. The molecule has 1 amide bonds.